The lowest BCUT2D eigenvalue weighted by Crippen LogP contribution is -2.23. The van der Waals surface area contributed by atoms with Crippen LogP contribution >= 0.6 is 11.6 Å². The molecule has 1 aromatic rings. The molecule has 0 saturated heterocycles. The first kappa shape index (κ1) is 14.8. The molecule has 0 heterocycles. The van der Waals surface area contributed by atoms with Gasteiger partial charge in [-0.05, 0) is 29.5 Å². The molecule has 0 aromatic heterocycles. The molecule has 0 bridgehead atoms. The summed E-state index contributed by atoms with van der Waals surface area (Å²) < 4.78 is 0. The predicted octanol–water partition coefficient (Wildman–Crippen LogP) is 3.93. The van der Waals surface area contributed by atoms with E-state index < -0.39 is 0 Å². The highest BCUT2D eigenvalue weighted by molar-refractivity contribution is 6.33. The van der Waals surface area contributed by atoms with Crippen LogP contribution in [0.5, 0.6) is 0 Å². The molecular formula is C14H21ClN2O. The first-order chi connectivity index (χ1) is 8.20. The van der Waals surface area contributed by atoms with Gasteiger partial charge in [-0.25, -0.2) is 0 Å². The van der Waals surface area contributed by atoms with Crippen LogP contribution in [0.3, 0.4) is 0 Å². The highest BCUT2D eigenvalue weighted by atomic mass is 35.5. The molecule has 1 atom stereocenters. The Labute approximate surface area is 114 Å². The van der Waals surface area contributed by atoms with Crippen molar-refractivity contribution in [3.8, 4) is 0 Å². The molecule has 18 heavy (non-hydrogen) atoms. The number of hydrogen-bond donors (Lipinski definition) is 2. The van der Waals surface area contributed by atoms with Crippen molar-refractivity contribution in [3.63, 3.8) is 0 Å². The van der Waals surface area contributed by atoms with Crippen molar-refractivity contribution in [1.29, 1.82) is 0 Å². The van der Waals surface area contributed by atoms with Gasteiger partial charge < -0.3 is 11.1 Å². The van der Waals surface area contributed by atoms with Gasteiger partial charge >= 0.3 is 0 Å². The number of carbonyl (C=O) groups is 1. The van der Waals surface area contributed by atoms with E-state index in [9.17, 15) is 4.79 Å². The van der Waals surface area contributed by atoms with Crippen molar-refractivity contribution >= 4 is 28.9 Å². The lowest BCUT2D eigenvalue weighted by molar-refractivity contribution is -0.117. The summed E-state index contributed by atoms with van der Waals surface area (Å²) in [7, 11) is 0. The van der Waals surface area contributed by atoms with Crippen molar-refractivity contribution in [2.45, 2.75) is 34.1 Å². The molecular weight excluding hydrogens is 248 g/mol. The first-order valence-electron chi connectivity index (χ1n) is 6.05. The predicted molar refractivity (Wildman–Crippen MR) is 77.7 cm³/mol. The van der Waals surface area contributed by atoms with Crippen LogP contribution in [0.1, 0.15) is 34.1 Å². The number of nitrogen functional groups attached to an aromatic ring is 1. The van der Waals surface area contributed by atoms with Gasteiger partial charge in [-0.3, -0.25) is 4.79 Å². The van der Waals surface area contributed by atoms with Crippen LogP contribution in [0.4, 0.5) is 11.4 Å². The third kappa shape index (κ3) is 4.22. The van der Waals surface area contributed by atoms with Gasteiger partial charge in [-0.1, -0.05) is 39.3 Å². The maximum Gasteiger partial charge on any atom is 0.224 e. The molecule has 0 saturated carbocycles. The number of amides is 1. The maximum absolute atomic E-state index is 11.9. The van der Waals surface area contributed by atoms with Gasteiger partial charge in [-0.2, -0.15) is 0 Å². The fourth-order valence-corrected chi connectivity index (χ4v) is 1.54. The second kappa shape index (κ2) is 5.61. The Kier molecular flexibility index (Phi) is 4.63. The van der Waals surface area contributed by atoms with Crippen molar-refractivity contribution in [3.05, 3.63) is 23.2 Å². The van der Waals surface area contributed by atoms with Crippen molar-refractivity contribution in [1.82, 2.24) is 0 Å². The first-order valence-corrected chi connectivity index (χ1v) is 6.43. The minimum absolute atomic E-state index is 0.000789. The van der Waals surface area contributed by atoms with E-state index in [0.29, 0.717) is 28.7 Å². The average Bonchev–Trinajstić information content (AvgIpc) is 2.22. The molecule has 1 aromatic carbocycles. The molecule has 0 aliphatic carbocycles. The van der Waals surface area contributed by atoms with Gasteiger partial charge in [-0.15, -0.1) is 0 Å². The van der Waals surface area contributed by atoms with E-state index in [0.717, 1.165) is 0 Å². The van der Waals surface area contributed by atoms with E-state index in [1.165, 1.54) is 0 Å². The van der Waals surface area contributed by atoms with Crippen LogP contribution in [0, 0.1) is 11.3 Å². The summed E-state index contributed by atoms with van der Waals surface area (Å²) in [5.41, 5.74) is 6.96. The summed E-state index contributed by atoms with van der Waals surface area (Å²) in [5, 5.41) is 3.33. The molecule has 1 unspecified atom stereocenters. The minimum Gasteiger partial charge on any atom is -0.397 e. The monoisotopic (exact) mass is 268 g/mol. The molecule has 4 heteroatoms. The van der Waals surface area contributed by atoms with E-state index in [-0.39, 0.29) is 11.3 Å². The smallest absolute Gasteiger partial charge is 0.224 e. The van der Waals surface area contributed by atoms with Crippen LogP contribution in [0.25, 0.3) is 0 Å². The summed E-state index contributed by atoms with van der Waals surface area (Å²) in [6.07, 6.45) is 0.492. The number of anilines is 2. The van der Waals surface area contributed by atoms with Gasteiger partial charge in [0.05, 0.1) is 10.7 Å². The van der Waals surface area contributed by atoms with Crippen molar-refractivity contribution < 1.29 is 4.79 Å². The summed E-state index contributed by atoms with van der Waals surface area (Å²) in [5.74, 6) is 0.307. The van der Waals surface area contributed by atoms with Crippen LogP contribution in [-0.4, -0.2) is 5.91 Å². The number of nitrogens with one attached hydrogen (secondary N) is 1. The minimum atomic E-state index is -0.000789. The Hall–Kier alpha value is -1.22. The molecule has 3 nitrogen and oxygen atoms in total. The molecule has 0 spiro atoms. The molecule has 100 valence electrons. The van der Waals surface area contributed by atoms with Gasteiger partial charge in [0.15, 0.2) is 0 Å². The summed E-state index contributed by atoms with van der Waals surface area (Å²) in [4.78, 5) is 11.9. The zero-order chi connectivity index (χ0) is 13.9. The molecule has 0 fully saturated rings. The van der Waals surface area contributed by atoms with E-state index in [1.54, 1.807) is 18.2 Å². The summed E-state index contributed by atoms with van der Waals surface area (Å²) in [6.45, 7) is 8.47. The van der Waals surface area contributed by atoms with E-state index in [1.807, 2.05) is 0 Å². The van der Waals surface area contributed by atoms with E-state index >= 15 is 0 Å². The van der Waals surface area contributed by atoms with Crippen LogP contribution in [0.15, 0.2) is 18.2 Å². The molecule has 0 aliphatic rings. The molecule has 1 rings (SSSR count). The second-order valence-electron chi connectivity index (χ2n) is 5.76. The number of rotatable bonds is 3. The summed E-state index contributed by atoms with van der Waals surface area (Å²) >= 11 is 5.82. The number of nitrogens with two attached hydrogens (primary N) is 1. The number of benzene rings is 1. The quantitative estimate of drug-likeness (QED) is 0.816. The number of carbonyl (C=O) groups excluding carboxylic acids is 1. The third-order valence-electron chi connectivity index (χ3n) is 3.25. The van der Waals surface area contributed by atoms with Gasteiger partial charge in [0.1, 0.15) is 0 Å². The van der Waals surface area contributed by atoms with Gasteiger partial charge in [0, 0.05) is 12.1 Å². The average molecular weight is 269 g/mol. The standard InChI is InChI=1S/C14H21ClN2O/c1-9(14(2,3)4)7-13(18)17-10-5-6-11(15)12(16)8-10/h5-6,8-9H,7,16H2,1-4H3,(H,17,18). The summed E-state index contributed by atoms with van der Waals surface area (Å²) in [6, 6.07) is 5.10. The highest BCUT2D eigenvalue weighted by Gasteiger charge is 2.22. The Morgan fingerprint density at radius 1 is 1.44 bits per heavy atom. The second-order valence-corrected chi connectivity index (χ2v) is 6.16. The van der Waals surface area contributed by atoms with Crippen LogP contribution < -0.4 is 11.1 Å². The largest absolute Gasteiger partial charge is 0.397 e. The lowest BCUT2D eigenvalue weighted by Gasteiger charge is -2.26. The SMILES string of the molecule is CC(CC(=O)Nc1ccc(Cl)c(N)c1)C(C)(C)C. The van der Waals surface area contributed by atoms with Crippen molar-refractivity contribution in [2.24, 2.45) is 11.3 Å². The zero-order valence-electron chi connectivity index (χ0n) is 11.4. The number of hydrogen-bond acceptors (Lipinski definition) is 2. The van der Waals surface area contributed by atoms with Gasteiger partial charge in [0.2, 0.25) is 5.91 Å². The lowest BCUT2D eigenvalue weighted by atomic mass is 9.80. The maximum atomic E-state index is 11.9. The Morgan fingerprint density at radius 3 is 2.56 bits per heavy atom. The topological polar surface area (TPSA) is 55.1 Å². The van der Waals surface area contributed by atoms with Crippen LogP contribution in [-0.2, 0) is 4.79 Å². The van der Waals surface area contributed by atoms with Gasteiger partial charge in [0.25, 0.3) is 0 Å². The molecule has 0 aliphatic heterocycles. The molecule has 0 radical (unpaired) electrons. The molecule has 1 amide bonds. The normalized spacial score (nSPS) is 13.2. The zero-order valence-corrected chi connectivity index (χ0v) is 12.1. The molecule has 3 N–H and O–H groups in total. The van der Waals surface area contributed by atoms with E-state index in [2.05, 4.69) is 33.0 Å². The fraction of sp³-hybridized carbons (Fsp3) is 0.500. The number of halogens is 1. The Bertz CT molecular complexity index is 438. The fourth-order valence-electron chi connectivity index (χ4n) is 1.42. The Balaban J connectivity index is 2.62. The van der Waals surface area contributed by atoms with Crippen LogP contribution in [0.2, 0.25) is 5.02 Å². The van der Waals surface area contributed by atoms with E-state index in [4.69, 9.17) is 17.3 Å². The third-order valence-corrected chi connectivity index (χ3v) is 3.59. The van der Waals surface area contributed by atoms with Crippen molar-refractivity contribution in [2.75, 3.05) is 11.1 Å². The Morgan fingerprint density at radius 2 is 2.06 bits per heavy atom. The highest BCUT2D eigenvalue weighted by Crippen LogP contribution is 2.28.